The lowest BCUT2D eigenvalue weighted by Gasteiger charge is -2.12. The van der Waals surface area contributed by atoms with Crippen LogP contribution in [0.3, 0.4) is 0 Å². The van der Waals surface area contributed by atoms with Crippen LogP contribution in [-0.2, 0) is 7.59 Å². The Hall–Kier alpha value is 0.880. The van der Waals surface area contributed by atoms with Crippen molar-refractivity contribution in [2.45, 2.75) is 17.4 Å². The molecule has 0 fully saturated rings. The zero-order valence-corrected chi connectivity index (χ0v) is 16.9. The highest BCUT2D eigenvalue weighted by atomic mass is 35.6. The zero-order valence-electron chi connectivity index (χ0n) is 10.7. The summed E-state index contributed by atoms with van der Waals surface area (Å²) in [5.74, 6) is 0. The maximum absolute atomic E-state index is 5.82. The fourth-order valence-corrected chi connectivity index (χ4v) is 4.18. The van der Waals surface area contributed by atoms with Crippen LogP contribution < -0.4 is 0 Å². The van der Waals surface area contributed by atoms with Gasteiger partial charge in [0.15, 0.2) is 0 Å². The number of halogens is 6. The molecule has 8 heteroatoms. The van der Waals surface area contributed by atoms with Crippen LogP contribution in [0.1, 0.15) is 11.1 Å². The van der Waals surface area contributed by atoms with Crippen molar-refractivity contribution in [3.63, 3.8) is 0 Å². The molecule has 0 nitrogen and oxygen atoms in total. The molecule has 0 heterocycles. The van der Waals surface area contributed by atoms with Gasteiger partial charge >= 0.3 is 0 Å². The van der Waals surface area contributed by atoms with E-state index in [1.807, 2.05) is 24.3 Å². The van der Waals surface area contributed by atoms with Gasteiger partial charge in [-0.05, 0) is 24.3 Å². The van der Waals surface area contributed by atoms with Crippen molar-refractivity contribution < 1.29 is 0 Å². The Balaban J connectivity index is 1.98. The molecule has 0 N–H and O–H groups in total. The quantitative estimate of drug-likeness (QED) is 0.340. The SMILES string of the molecule is ClC(Cl)(Cl)c1ccc(SSc2ccc(C(Cl)(Cl)Cl)cc2)cc1. The third-order valence-electron chi connectivity index (χ3n) is 2.60. The first-order valence-corrected chi connectivity index (χ1v) is 10.3. The Bertz CT molecular complexity index is 556. The Kier molecular flexibility index (Phi) is 6.85. The maximum atomic E-state index is 5.82. The van der Waals surface area contributed by atoms with E-state index in [0.717, 1.165) is 9.79 Å². The summed E-state index contributed by atoms with van der Waals surface area (Å²) in [5.41, 5.74) is 1.28. The number of hydrogen-bond donors (Lipinski definition) is 0. The zero-order chi connectivity index (χ0) is 16.4. The van der Waals surface area contributed by atoms with Gasteiger partial charge in [-0.2, -0.15) is 0 Å². The third kappa shape index (κ3) is 5.75. The molecule has 0 unspecified atom stereocenters. The summed E-state index contributed by atoms with van der Waals surface area (Å²) in [4.78, 5) is 2.10. The van der Waals surface area contributed by atoms with Crippen LogP contribution in [0.15, 0.2) is 58.3 Å². The lowest BCUT2D eigenvalue weighted by molar-refractivity contribution is 1.22. The van der Waals surface area contributed by atoms with Gasteiger partial charge in [0.25, 0.3) is 0 Å². The first kappa shape index (κ1) is 19.2. The van der Waals surface area contributed by atoms with Crippen LogP contribution in [0.5, 0.6) is 0 Å². The highest BCUT2D eigenvalue weighted by molar-refractivity contribution is 8.76. The van der Waals surface area contributed by atoms with Gasteiger partial charge in [0, 0.05) is 20.9 Å². The lowest BCUT2D eigenvalue weighted by Crippen LogP contribution is -1.98. The predicted octanol–water partition coefficient (Wildman–Crippen LogP) is 8.14. The van der Waals surface area contributed by atoms with Gasteiger partial charge in [-0.15, -0.1) is 0 Å². The van der Waals surface area contributed by atoms with Gasteiger partial charge in [-0.1, -0.05) is 115 Å². The number of hydrogen-bond acceptors (Lipinski definition) is 2. The topological polar surface area (TPSA) is 0 Å². The molecule has 0 aliphatic rings. The largest absolute Gasteiger partial charge is 0.216 e. The van der Waals surface area contributed by atoms with E-state index < -0.39 is 7.59 Å². The molecule has 2 aromatic rings. The summed E-state index contributed by atoms with van der Waals surface area (Å²) in [5, 5.41) is 0. The van der Waals surface area contributed by atoms with E-state index in [4.69, 9.17) is 69.6 Å². The third-order valence-corrected chi connectivity index (χ3v) is 6.32. The summed E-state index contributed by atoms with van der Waals surface area (Å²) in [6.07, 6.45) is 0. The van der Waals surface area contributed by atoms with Crippen LogP contribution in [0, 0.1) is 0 Å². The molecular weight excluding hydrogens is 445 g/mol. The van der Waals surface area contributed by atoms with Crippen molar-refractivity contribution in [2.24, 2.45) is 0 Å². The molecule has 118 valence electrons. The molecule has 0 aliphatic heterocycles. The van der Waals surface area contributed by atoms with Gasteiger partial charge in [0.05, 0.1) is 0 Å². The van der Waals surface area contributed by atoms with Crippen molar-refractivity contribution in [1.82, 2.24) is 0 Å². The molecule has 0 aromatic heterocycles. The Morgan fingerprint density at radius 2 is 0.773 bits per heavy atom. The van der Waals surface area contributed by atoms with Gasteiger partial charge in [0.1, 0.15) is 0 Å². The fraction of sp³-hybridized carbons (Fsp3) is 0.143. The lowest BCUT2D eigenvalue weighted by atomic mass is 10.2. The van der Waals surface area contributed by atoms with Gasteiger partial charge in [-0.25, -0.2) is 0 Å². The molecule has 0 saturated carbocycles. The Morgan fingerprint density at radius 1 is 0.500 bits per heavy atom. The average molecular weight is 453 g/mol. The molecular formula is C14H8Cl6S2. The number of benzene rings is 2. The van der Waals surface area contributed by atoms with E-state index in [9.17, 15) is 0 Å². The van der Waals surface area contributed by atoms with Crippen LogP contribution in [-0.4, -0.2) is 0 Å². The summed E-state index contributed by atoms with van der Waals surface area (Å²) in [7, 11) is 3.19. The molecule has 0 atom stereocenters. The highest BCUT2D eigenvalue weighted by Gasteiger charge is 2.23. The van der Waals surface area contributed by atoms with Crippen molar-refractivity contribution in [3.05, 3.63) is 59.7 Å². The van der Waals surface area contributed by atoms with E-state index >= 15 is 0 Å². The fourth-order valence-electron chi connectivity index (χ4n) is 1.50. The minimum absolute atomic E-state index is 0.638. The molecule has 0 amide bonds. The summed E-state index contributed by atoms with van der Waals surface area (Å²) >= 11 is 34.9. The van der Waals surface area contributed by atoms with Crippen molar-refractivity contribution in [2.75, 3.05) is 0 Å². The molecule has 0 aliphatic carbocycles. The Labute approximate surface area is 167 Å². The van der Waals surface area contributed by atoms with Crippen LogP contribution in [0.4, 0.5) is 0 Å². The molecule has 2 aromatic carbocycles. The second kappa shape index (κ2) is 7.84. The first-order valence-electron chi connectivity index (χ1n) is 5.85. The smallest absolute Gasteiger partial charge is 0.0784 e. The standard InChI is InChI=1S/C14H8Cl6S2/c15-13(16,17)9-1-5-11(6-2-9)21-22-12-7-3-10(4-8-12)14(18,19)20/h1-8H. The second-order valence-electron chi connectivity index (χ2n) is 4.21. The van der Waals surface area contributed by atoms with Crippen LogP contribution in [0.2, 0.25) is 0 Å². The minimum atomic E-state index is -1.40. The summed E-state index contributed by atoms with van der Waals surface area (Å²) < 4.78 is -2.80. The van der Waals surface area contributed by atoms with Crippen molar-refractivity contribution in [1.29, 1.82) is 0 Å². The van der Waals surface area contributed by atoms with E-state index in [0.29, 0.717) is 11.1 Å². The summed E-state index contributed by atoms with van der Waals surface area (Å²) in [6, 6.07) is 14.8. The van der Waals surface area contributed by atoms with E-state index in [1.54, 1.807) is 45.9 Å². The van der Waals surface area contributed by atoms with Gasteiger partial charge < -0.3 is 0 Å². The number of alkyl halides is 6. The molecule has 0 radical (unpaired) electrons. The highest BCUT2D eigenvalue weighted by Crippen LogP contribution is 2.43. The van der Waals surface area contributed by atoms with Crippen molar-refractivity contribution in [3.8, 4) is 0 Å². The van der Waals surface area contributed by atoms with Crippen molar-refractivity contribution >= 4 is 91.2 Å². The van der Waals surface area contributed by atoms with Gasteiger partial charge in [-0.3, -0.25) is 0 Å². The predicted molar refractivity (Wildman–Crippen MR) is 103 cm³/mol. The van der Waals surface area contributed by atoms with Crippen LogP contribution >= 0.6 is 91.2 Å². The molecule has 0 spiro atoms. The summed E-state index contributed by atoms with van der Waals surface area (Å²) in [6.45, 7) is 0. The van der Waals surface area contributed by atoms with E-state index in [2.05, 4.69) is 0 Å². The molecule has 2 rings (SSSR count). The average Bonchev–Trinajstić information content (AvgIpc) is 2.44. The minimum Gasteiger partial charge on any atom is -0.0784 e. The molecule has 0 saturated heterocycles. The second-order valence-corrected chi connectivity index (χ2v) is 11.0. The van der Waals surface area contributed by atoms with E-state index in [1.165, 1.54) is 0 Å². The first-order chi connectivity index (χ1) is 10.2. The normalized spacial score (nSPS) is 12.5. The van der Waals surface area contributed by atoms with E-state index in [-0.39, 0.29) is 0 Å². The van der Waals surface area contributed by atoms with Crippen LogP contribution in [0.25, 0.3) is 0 Å². The molecule has 22 heavy (non-hydrogen) atoms. The monoisotopic (exact) mass is 450 g/mol. The number of rotatable bonds is 3. The van der Waals surface area contributed by atoms with Gasteiger partial charge in [0.2, 0.25) is 7.59 Å². The molecule has 0 bridgehead atoms. The Morgan fingerprint density at radius 3 is 1.00 bits per heavy atom. The maximum Gasteiger partial charge on any atom is 0.216 e.